The number of carbonyl (C=O) groups is 1. The Morgan fingerprint density at radius 2 is 2.15 bits per heavy atom. The quantitative estimate of drug-likeness (QED) is 0.489. The van der Waals surface area contributed by atoms with Crippen LogP contribution in [-0.2, 0) is 0 Å². The van der Waals surface area contributed by atoms with Crippen molar-refractivity contribution in [2.45, 2.75) is 6.92 Å². The van der Waals surface area contributed by atoms with Gasteiger partial charge in [0.15, 0.2) is 12.0 Å². The minimum Gasteiger partial charge on any atom is -0.437 e. The first-order chi connectivity index (χ1) is 9.51. The molecule has 20 heavy (non-hydrogen) atoms. The number of nitro groups is 1. The van der Waals surface area contributed by atoms with Crippen molar-refractivity contribution in [1.29, 1.82) is 0 Å². The second-order valence-corrected chi connectivity index (χ2v) is 4.39. The van der Waals surface area contributed by atoms with Crippen LogP contribution in [0, 0.1) is 17.0 Å². The topological polar surface area (TPSA) is 82.3 Å². The molecule has 0 aliphatic carbocycles. The fraction of sp³-hybridized carbons (Fsp3) is 0.0769. The molecule has 0 amide bonds. The predicted molar refractivity (Wildman–Crippen MR) is 72.5 cm³/mol. The van der Waals surface area contributed by atoms with Crippen LogP contribution in [0.3, 0.4) is 0 Å². The maximum atomic E-state index is 10.7. The molecule has 0 bridgehead atoms. The predicted octanol–water partition coefficient (Wildman–Crippen LogP) is 3.56. The van der Waals surface area contributed by atoms with Crippen LogP contribution in [-0.4, -0.2) is 16.2 Å². The fourth-order valence-corrected chi connectivity index (χ4v) is 1.70. The highest BCUT2D eigenvalue weighted by atomic mass is 35.5. The summed E-state index contributed by atoms with van der Waals surface area (Å²) >= 11 is 5.93. The number of rotatable bonds is 4. The summed E-state index contributed by atoms with van der Waals surface area (Å²) in [5.41, 5.74) is 0.906. The minimum absolute atomic E-state index is 0.133. The summed E-state index contributed by atoms with van der Waals surface area (Å²) in [6.07, 6.45) is 2.02. The number of halogens is 1. The van der Waals surface area contributed by atoms with Gasteiger partial charge in [0, 0.05) is 23.4 Å². The lowest BCUT2D eigenvalue weighted by molar-refractivity contribution is -0.384. The molecule has 1 aromatic heterocycles. The highest BCUT2D eigenvalue weighted by Gasteiger charge is 2.13. The van der Waals surface area contributed by atoms with E-state index in [4.69, 9.17) is 16.3 Å². The molecule has 0 fully saturated rings. The molecular weight excluding hydrogens is 284 g/mol. The number of aldehydes is 1. The molecule has 2 aromatic rings. The van der Waals surface area contributed by atoms with Crippen molar-refractivity contribution in [3.63, 3.8) is 0 Å². The third-order valence-electron chi connectivity index (χ3n) is 2.52. The van der Waals surface area contributed by atoms with Crippen LogP contribution in [0.4, 0.5) is 5.69 Å². The number of nitrogens with zero attached hydrogens (tertiary/aromatic N) is 2. The second kappa shape index (κ2) is 5.66. The molecule has 1 aromatic carbocycles. The van der Waals surface area contributed by atoms with E-state index in [2.05, 4.69) is 4.98 Å². The summed E-state index contributed by atoms with van der Waals surface area (Å²) in [5, 5.41) is 11.0. The molecule has 0 aliphatic rings. The fourth-order valence-electron chi connectivity index (χ4n) is 1.54. The highest BCUT2D eigenvalue weighted by molar-refractivity contribution is 6.32. The van der Waals surface area contributed by atoms with Gasteiger partial charge >= 0.3 is 0 Å². The largest absolute Gasteiger partial charge is 0.437 e. The van der Waals surface area contributed by atoms with Gasteiger partial charge < -0.3 is 4.74 Å². The standard InChI is InChI=1S/C13H9ClN2O4/c1-8-4-9(7-17)6-15-13(8)20-12-5-10(16(18)19)2-3-11(12)14/h2-7H,1H3. The number of non-ortho nitro benzene ring substituents is 1. The molecule has 0 radical (unpaired) electrons. The summed E-state index contributed by atoms with van der Waals surface area (Å²) < 4.78 is 5.47. The first-order valence-corrected chi connectivity index (χ1v) is 5.92. The second-order valence-electron chi connectivity index (χ2n) is 3.98. The highest BCUT2D eigenvalue weighted by Crippen LogP contribution is 2.33. The van der Waals surface area contributed by atoms with E-state index in [-0.39, 0.29) is 22.3 Å². The van der Waals surface area contributed by atoms with Gasteiger partial charge in [0.05, 0.1) is 16.0 Å². The Morgan fingerprint density at radius 3 is 2.75 bits per heavy atom. The normalized spacial score (nSPS) is 10.1. The van der Waals surface area contributed by atoms with Crippen LogP contribution >= 0.6 is 11.6 Å². The average Bonchev–Trinajstić information content (AvgIpc) is 2.42. The van der Waals surface area contributed by atoms with Crippen molar-refractivity contribution in [3.8, 4) is 11.6 Å². The number of benzene rings is 1. The van der Waals surface area contributed by atoms with Gasteiger partial charge in [-0.2, -0.15) is 0 Å². The van der Waals surface area contributed by atoms with E-state index >= 15 is 0 Å². The lowest BCUT2D eigenvalue weighted by Gasteiger charge is -2.09. The number of carbonyl (C=O) groups excluding carboxylic acids is 1. The molecule has 0 saturated heterocycles. The van der Waals surface area contributed by atoms with Gasteiger partial charge in [-0.1, -0.05) is 11.6 Å². The number of aromatic nitrogens is 1. The molecule has 7 heteroatoms. The zero-order valence-corrected chi connectivity index (χ0v) is 11.1. The summed E-state index contributed by atoms with van der Waals surface area (Å²) in [6, 6.07) is 5.48. The van der Waals surface area contributed by atoms with E-state index in [9.17, 15) is 14.9 Å². The molecule has 102 valence electrons. The lowest BCUT2D eigenvalue weighted by Crippen LogP contribution is -1.95. The zero-order valence-electron chi connectivity index (χ0n) is 10.4. The van der Waals surface area contributed by atoms with Gasteiger partial charge in [-0.25, -0.2) is 4.98 Å². The monoisotopic (exact) mass is 292 g/mol. The Bertz CT molecular complexity index is 688. The molecule has 0 atom stereocenters. The molecule has 1 heterocycles. The van der Waals surface area contributed by atoms with Crippen molar-refractivity contribution in [2.75, 3.05) is 0 Å². The van der Waals surface area contributed by atoms with E-state index in [1.807, 2.05) is 0 Å². The molecule has 0 unspecified atom stereocenters. The smallest absolute Gasteiger partial charge is 0.273 e. The van der Waals surface area contributed by atoms with E-state index in [1.165, 1.54) is 24.4 Å². The van der Waals surface area contributed by atoms with Crippen LogP contribution in [0.25, 0.3) is 0 Å². The maximum absolute atomic E-state index is 10.7. The van der Waals surface area contributed by atoms with Crippen LogP contribution in [0.15, 0.2) is 30.5 Å². The number of pyridine rings is 1. The van der Waals surface area contributed by atoms with Crippen molar-refractivity contribution in [2.24, 2.45) is 0 Å². The van der Waals surface area contributed by atoms with Gasteiger partial charge in [-0.05, 0) is 19.1 Å². The maximum Gasteiger partial charge on any atom is 0.273 e. The zero-order chi connectivity index (χ0) is 14.7. The summed E-state index contributed by atoms with van der Waals surface area (Å²) in [4.78, 5) is 24.8. The SMILES string of the molecule is Cc1cc(C=O)cnc1Oc1cc([N+](=O)[O-])ccc1Cl. The molecule has 2 rings (SSSR count). The Hall–Kier alpha value is -2.47. The first-order valence-electron chi connectivity index (χ1n) is 5.55. The van der Waals surface area contributed by atoms with Crippen molar-refractivity contribution >= 4 is 23.6 Å². The number of ether oxygens (including phenoxy) is 1. The Morgan fingerprint density at radius 1 is 1.40 bits per heavy atom. The molecule has 0 saturated carbocycles. The molecule has 0 spiro atoms. The van der Waals surface area contributed by atoms with Crippen LogP contribution in [0.2, 0.25) is 5.02 Å². The Balaban J connectivity index is 2.36. The number of nitro benzene ring substituents is 1. The van der Waals surface area contributed by atoms with E-state index in [0.29, 0.717) is 17.4 Å². The average molecular weight is 293 g/mol. The Kier molecular flexibility index (Phi) is 3.95. The molecule has 6 nitrogen and oxygen atoms in total. The Labute approximate surface area is 119 Å². The van der Waals surface area contributed by atoms with Gasteiger partial charge in [-0.3, -0.25) is 14.9 Å². The lowest BCUT2D eigenvalue weighted by atomic mass is 10.2. The molecule has 0 N–H and O–H groups in total. The van der Waals surface area contributed by atoms with E-state index < -0.39 is 4.92 Å². The van der Waals surface area contributed by atoms with Gasteiger partial charge in [-0.15, -0.1) is 0 Å². The van der Waals surface area contributed by atoms with Gasteiger partial charge in [0.25, 0.3) is 5.69 Å². The van der Waals surface area contributed by atoms with Crippen LogP contribution in [0.5, 0.6) is 11.6 Å². The minimum atomic E-state index is -0.543. The van der Waals surface area contributed by atoms with Crippen molar-refractivity contribution in [3.05, 3.63) is 56.7 Å². The van der Waals surface area contributed by atoms with E-state index in [0.717, 1.165) is 0 Å². The number of hydrogen-bond donors (Lipinski definition) is 0. The number of hydrogen-bond acceptors (Lipinski definition) is 5. The van der Waals surface area contributed by atoms with Crippen molar-refractivity contribution in [1.82, 2.24) is 4.98 Å². The molecule has 0 aliphatic heterocycles. The summed E-state index contributed by atoms with van der Waals surface area (Å²) in [7, 11) is 0. The van der Waals surface area contributed by atoms with Crippen LogP contribution in [0.1, 0.15) is 15.9 Å². The van der Waals surface area contributed by atoms with Crippen molar-refractivity contribution < 1.29 is 14.5 Å². The summed E-state index contributed by atoms with van der Waals surface area (Å²) in [5.74, 6) is 0.369. The third-order valence-corrected chi connectivity index (χ3v) is 2.83. The van der Waals surface area contributed by atoms with Crippen LogP contribution < -0.4 is 4.74 Å². The van der Waals surface area contributed by atoms with Gasteiger partial charge in [0.2, 0.25) is 5.88 Å². The summed E-state index contributed by atoms with van der Waals surface area (Å²) in [6.45, 7) is 1.71. The first kappa shape index (κ1) is 14.0. The van der Waals surface area contributed by atoms with Gasteiger partial charge in [0.1, 0.15) is 0 Å². The molecular formula is C13H9ClN2O4. The van der Waals surface area contributed by atoms with E-state index in [1.54, 1.807) is 13.0 Å². The number of aryl methyl sites for hydroxylation is 1. The third kappa shape index (κ3) is 2.92.